The maximum Gasteiger partial charge on any atom is 0.323 e. The van der Waals surface area contributed by atoms with E-state index in [0.29, 0.717) is 12.8 Å². The van der Waals surface area contributed by atoms with E-state index >= 15 is 0 Å². The van der Waals surface area contributed by atoms with Crippen LogP contribution in [0.25, 0.3) is 0 Å². The summed E-state index contributed by atoms with van der Waals surface area (Å²) in [6, 6.07) is 0.269. The molecule has 2 N–H and O–H groups in total. The Kier molecular flexibility index (Phi) is 5.79. The fraction of sp³-hybridized carbons (Fsp3) is 0.857. The van der Waals surface area contributed by atoms with Gasteiger partial charge in [0.2, 0.25) is 5.91 Å². The third-order valence-electron chi connectivity index (χ3n) is 4.32. The second-order valence-electron chi connectivity index (χ2n) is 5.38. The molecule has 1 aliphatic rings. The van der Waals surface area contributed by atoms with Crippen molar-refractivity contribution in [1.82, 2.24) is 10.2 Å². The third-order valence-corrected chi connectivity index (χ3v) is 4.32. The van der Waals surface area contributed by atoms with Crippen LogP contribution in [0.1, 0.15) is 52.9 Å². The molecule has 110 valence electrons. The van der Waals surface area contributed by atoms with E-state index in [1.165, 1.54) is 6.42 Å². The van der Waals surface area contributed by atoms with Gasteiger partial charge in [0, 0.05) is 12.6 Å². The summed E-state index contributed by atoms with van der Waals surface area (Å²) in [6.07, 6.45) is 4.20. The van der Waals surface area contributed by atoms with E-state index in [1.54, 1.807) is 0 Å². The van der Waals surface area contributed by atoms with E-state index in [2.05, 4.69) is 12.2 Å². The second kappa shape index (κ2) is 6.89. The van der Waals surface area contributed by atoms with Crippen LogP contribution >= 0.6 is 0 Å². The molecule has 5 heteroatoms. The van der Waals surface area contributed by atoms with Crippen LogP contribution in [0.15, 0.2) is 0 Å². The smallest absolute Gasteiger partial charge is 0.323 e. The fourth-order valence-electron chi connectivity index (χ4n) is 2.69. The minimum Gasteiger partial charge on any atom is -0.480 e. The summed E-state index contributed by atoms with van der Waals surface area (Å²) in [6.45, 7) is 6.62. The lowest BCUT2D eigenvalue weighted by molar-refractivity contribution is -0.145. The zero-order valence-corrected chi connectivity index (χ0v) is 12.2. The number of nitrogens with zero attached hydrogens (tertiary/aromatic N) is 1. The molecule has 0 aliphatic carbocycles. The number of piperidine rings is 1. The summed E-state index contributed by atoms with van der Waals surface area (Å²) in [5, 5.41) is 12.3. The first-order valence-corrected chi connectivity index (χ1v) is 7.24. The third kappa shape index (κ3) is 3.69. The van der Waals surface area contributed by atoms with Gasteiger partial charge >= 0.3 is 5.97 Å². The van der Waals surface area contributed by atoms with Crippen LogP contribution in [-0.4, -0.2) is 46.6 Å². The molecule has 1 heterocycles. The highest BCUT2D eigenvalue weighted by atomic mass is 16.4. The van der Waals surface area contributed by atoms with Gasteiger partial charge in [0.05, 0.1) is 6.54 Å². The van der Waals surface area contributed by atoms with Gasteiger partial charge in [-0.3, -0.25) is 14.9 Å². The van der Waals surface area contributed by atoms with Crippen molar-refractivity contribution in [3.05, 3.63) is 0 Å². The Morgan fingerprint density at radius 2 is 1.95 bits per heavy atom. The average molecular weight is 270 g/mol. The van der Waals surface area contributed by atoms with Gasteiger partial charge in [0.25, 0.3) is 0 Å². The van der Waals surface area contributed by atoms with Crippen LogP contribution in [0, 0.1) is 0 Å². The molecular weight excluding hydrogens is 244 g/mol. The van der Waals surface area contributed by atoms with Gasteiger partial charge in [-0.2, -0.15) is 0 Å². The van der Waals surface area contributed by atoms with Crippen molar-refractivity contribution in [1.29, 1.82) is 0 Å². The van der Waals surface area contributed by atoms with E-state index in [9.17, 15) is 14.7 Å². The highest BCUT2D eigenvalue weighted by molar-refractivity contribution is 5.82. The Balaban J connectivity index is 2.59. The summed E-state index contributed by atoms with van der Waals surface area (Å²) in [7, 11) is 0. The van der Waals surface area contributed by atoms with E-state index in [4.69, 9.17) is 0 Å². The molecule has 1 aliphatic heterocycles. The normalized spacial score (nSPS) is 20.4. The number of hydrogen-bond acceptors (Lipinski definition) is 3. The Labute approximate surface area is 115 Å². The molecular formula is C14H26N2O3. The first-order valence-electron chi connectivity index (χ1n) is 7.24. The predicted molar refractivity (Wildman–Crippen MR) is 74.0 cm³/mol. The zero-order valence-electron chi connectivity index (χ0n) is 12.2. The number of rotatable bonds is 6. The Morgan fingerprint density at radius 1 is 1.32 bits per heavy atom. The van der Waals surface area contributed by atoms with Crippen molar-refractivity contribution < 1.29 is 14.7 Å². The van der Waals surface area contributed by atoms with Gasteiger partial charge in [-0.05, 0) is 39.0 Å². The van der Waals surface area contributed by atoms with Crippen molar-refractivity contribution in [2.24, 2.45) is 0 Å². The van der Waals surface area contributed by atoms with E-state index in [-0.39, 0.29) is 18.5 Å². The number of carboxylic acid groups (broad SMARTS) is 1. The van der Waals surface area contributed by atoms with Crippen molar-refractivity contribution >= 4 is 11.9 Å². The molecule has 0 spiro atoms. The molecule has 0 bridgehead atoms. The Bertz CT molecular complexity index is 327. The molecule has 0 aromatic rings. The minimum atomic E-state index is -0.977. The number of likely N-dealkylation sites (tertiary alicyclic amines) is 1. The van der Waals surface area contributed by atoms with Crippen molar-refractivity contribution in [3.63, 3.8) is 0 Å². The summed E-state index contributed by atoms with van der Waals surface area (Å²) in [4.78, 5) is 25.4. The van der Waals surface area contributed by atoms with E-state index < -0.39 is 11.5 Å². The highest BCUT2D eigenvalue weighted by Crippen LogP contribution is 2.18. The zero-order chi connectivity index (χ0) is 14.5. The molecule has 1 fully saturated rings. The lowest BCUT2D eigenvalue weighted by Crippen LogP contribution is -2.55. The van der Waals surface area contributed by atoms with Gasteiger partial charge in [0.1, 0.15) is 5.54 Å². The fourth-order valence-corrected chi connectivity index (χ4v) is 2.69. The first kappa shape index (κ1) is 16.0. The summed E-state index contributed by atoms with van der Waals surface area (Å²) < 4.78 is 0. The molecule has 1 saturated heterocycles. The van der Waals surface area contributed by atoms with Crippen molar-refractivity contribution in [3.8, 4) is 0 Å². The molecule has 1 atom stereocenters. The minimum absolute atomic E-state index is 0.0136. The van der Waals surface area contributed by atoms with Crippen LogP contribution in [-0.2, 0) is 9.59 Å². The average Bonchev–Trinajstić information content (AvgIpc) is 2.40. The number of aliphatic carboxylic acids is 1. The molecule has 0 aromatic carbocycles. The maximum atomic E-state index is 12.2. The van der Waals surface area contributed by atoms with Gasteiger partial charge < -0.3 is 10.0 Å². The van der Waals surface area contributed by atoms with Crippen molar-refractivity contribution in [2.75, 3.05) is 13.1 Å². The second-order valence-corrected chi connectivity index (χ2v) is 5.38. The summed E-state index contributed by atoms with van der Waals surface area (Å²) in [5.41, 5.74) is -0.977. The Morgan fingerprint density at radius 3 is 2.42 bits per heavy atom. The number of nitrogens with one attached hydrogen (secondary N) is 1. The van der Waals surface area contributed by atoms with Gasteiger partial charge in [-0.1, -0.05) is 13.8 Å². The SMILES string of the molecule is CCC(CC)(NCC(=O)N1CCCCC1C)C(=O)O. The van der Waals surface area contributed by atoms with Crippen molar-refractivity contribution in [2.45, 2.75) is 64.5 Å². The van der Waals surface area contributed by atoms with Crippen LogP contribution in [0.5, 0.6) is 0 Å². The number of amides is 1. The monoisotopic (exact) mass is 270 g/mol. The lowest BCUT2D eigenvalue weighted by atomic mass is 9.93. The quantitative estimate of drug-likeness (QED) is 0.769. The van der Waals surface area contributed by atoms with E-state index in [1.807, 2.05) is 18.7 Å². The number of hydrogen-bond donors (Lipinski definition) is 2. The molecule has 1 amide bonds. The molecule has 5 nitrogen and oxygen atoms in total. The predicted octanol–water partition coefficient (Wildman–Crippen LogP) is 1.62. The first-order chi connectivity index (χ1) is 8.96. The van der Waals surface area contributed by atoms with Crippen LogP contribution < -0.4 is 5.32 Å². The maximum absolute atomic E-state index is 12.2. The summed E-state index contributed by atoms with van der Waals surface area (Å²) >= 11 is 0. The number of carboxylic acids is 1. The molecule has 1 rings (SSSR count). The molecule has 0 saturated carbocycles. The highest BCUT2D eigenvalue weighted by Gasteiger charge is 2.35. The van der Waals surface area contributed by atoms with Crippen LogP contribution in [0.4, 0.5) is 0 Å². The van der Waals surface area contributed by atoms with Gasteiger partial charge in [0.15, 0.2) is 0 Å². The van der Waals surface area contributed by atoms with Gasteiger partial charge in [-0.25, -0.2) is 0 Å². The standard InChI is InChI=1S/C14H26N2O3/c1-4-14(5-2,13(18)19)15-10-12(17)16-9-7-6-8-11(16)3/h11,15H,4-10H2,1-3H3,(H,18,19). The lowest BCUT2D eigenvalue weighted by Gasteiger charge is -2.35. The van der Waals surface area contributed by atoms with Crippen LogP contribution in [0.2, 0.25) is 0 Å². The summed E-state index contributed by atoms with van der Waals surface area (Å²) in [5.74, 6) is -0.864. The molecule has 1 unspecified atom stereocenters. The van der Waals surface area contributed by atoms with Crippen LogP contribution in [0.3, 0.4) is 0 Å². The topological polar surface area (TPSA) is 69.6 Å². The number of carbonyl (C=O) groups excluding carboxylic acids is 1. The molecule has 0 aromatic heterocycles. The Hall–Kier alpha value is -1.10. The molecule has 0 radical (unpaired) electrons. The molecule has 19 heavy (non-hydrogen) atoms. The van der Waals surface area contributed by atoms with Gasteiger partial charge in [-0.15, -0.1) is 0 Å². The largest absolute Gasteiger partial charge is 0.480 e. The number of carbonyl (C=O) groups is 2. The van der Waals surface area contributed by atoms with E-state index in [0.717, 1.165) is 19.4 Å².